The SMILES string of the molecule is COc1ccc(CCCN2CCN(C(c3ccc(F)cc3)c3ccc(F)cc3)CC2)c(OC)c1OC. The van der Waals surface area contributed by atoms with E-state index >= 15 is 0 Å². The van der Waals surface area contributed by atoms with Gasteiger partial charge in [-0.3, -0.25) is 4.90 Å². The van der Waals surface area contributed by atoms with E-state index in [0.29, 0.717) is 11.5 Å². The Morgan fingerprint density at radius 2 is 1.25 bits per heavy atom. The van der Waals surface area contributed by atoms with Crippen LogP contribution in [0.2, 0.25) is 0 Å². The van der Waals surface area contributed by atoms with Gasteiger partial charge in [-0.15, -0.1) is 0 Å². The van der Waals surface area contributed by atoms with Crippen LogP contribution in [0.4, 0.5) is 8.78 Å². The van der Waals surface area contributed by atoms with Crippen molar-refractivity contribution in [3.63, 3.8) is 0 Å². The number of rotatable bonds is 10. The Labute approximate surface area is 212 Å². The van der Waals surface area contributed by atoms with Gasteiger partial charge in [0, 0.05) is 26.2 Å². The minimum atomic E-state index is -0.257. The third-order valence-electron chi connectivity index (χ3n) is 6.85. The molecule has 0 aliphatic carbocycles. The predicted octanol–water partition coefficient (Wildman–Crippen LogP) is 5.33. The van der Waals surface area contributed by atoms with Crippen LogP contribution in [-0.4, -0.2) is 63.9 Å². The highest BCUT2D eigenvalue weighted by molar-refractivity contribution is 5.55. The van der Waals surface area contributed by atoms with Gasteiger partial charge in [0.2, 0.25) is 5.75 Å². The standard InChI is InChI=1S/C29H34F2N2O3/c1-34-26-15-10-23(28(35-2)29(26)36-3)5-4-16-32-17-19-33(20-18-32)27(21-6-11-24(30)12-7-21)22-8-13-25(31)14-9-22/h6-15,27H,4-5,16-20H2,1-3H3. The van der Waals surface area contributed by atoms with Gasteiger partial charge < -0.3 is 19.1 Å². The Kier molecular flexibility index (Phi) is 8.78. The Morgan fingerprint density at radius 3 is 1.75 bits per heavy atom. The number of halogens is 2. The first-order chi connectivity index (χ1) is 17.5. The van der Waals surface area contributed by atoms with Crippen LogP contribution in [-0.2, 0) is 6.42 Å². The van der Waals surface area contributed by atoms with E-state index in [2.05, 4.69) is 9.80 Å². The molecule has 4 rings (SSSR count). The van der Waals surface area contributed by atoms with Crippen molar-refractivity contribution in [3.8, 4) is 17.2 Å². The van der Waals surface area contributed by atoms with E-state index in [0.717, 1.165) is 68.0 Å². The second-order valence-electron chi connectivity index (χ2n) is 8.98. The molecule has 0 saturated carbocycles. The van der Waals surface area contributed by atoms with Gasteiger partial charge >= 0.3 is 0 Å². The molecule has 3 aromatic rings. The molecule has 0 atom stereocenters. The zero-order valence-corrected chi connectivity index (χ0v) is 21.2. The van der Waals surface area contributed by atoms with E-state index in [4.69, 9.17) is 14.2 Å². The quantitative estimate of drug-likeness (QED) is 0.379. The molecule has 1 saturated heterocycles. The fourth-order valence-electron chi connectivity index (χ4n) is 5.00. The second kappa shape index (κ2) is 12.2. The lowest BCUT2D eigenvalue weighted by Gasteiger charge is -2.40. The summed E-state index contributed by atoms with van der Waals surface area (Å²) in [6.07, 6.45) is 1.86. The van der Waals surface area contributed by atoms with Crippen LogP contribution in [0.15, 0.2) is 60.7 Å². The van der Waals surface area contributed by atoms with Crippen molar-refractivity contribution in [2.24, 2.45) is 0 Å². The second-order valence-corrected chi connectivity index (χ2v) is 8.98. The van der Waals surface area contributed by atoms with Crippen molar-refractivity contribution >= 4 is 0 Å². The molecule has 1 aliphatic heterocycles. The third kappa shape index (κ3) is 5.97. The van der Waals surface area contributed by atoms with Gasteiger partial charge in [-0.25, -0.2) is 8.78 Å². The summed E-state index contributed by atoms with van der Waals surface area (Å²) in [6.45, 7) is 4.59. The summed E-state index contributed by atoms with van der Waals surface area (Å²) in [7, 11) is 4.89. The molecule has 0 aromatic heterocycles. The molecule has 1 aliphatic rings. The van der Waals surface area contributed by atoms with Crippen molar-refractivity contribution < 1.29 is 23.0 Å². The fraction of sp³-hybridized carbons (Fsp3) is 0.379. The maximum absolute atomic E-state index is 13.6. The van der Waals surface area contributed by atoms with Gasteiger partial charge in [0.15, 0.2) is 11.5 Å². The first-order valence-corrected chi connectivity index (χ1v) is 12.3. The van der Waals surface area contributed by atoms with Crippen LogP contribution in [0.5, 0.6) is 17.2 Å². The number of benzene rings is 3. The molecule has 1 heterocycles. The van der Waals surface area contributed by atoms with Crippen molar-refractivity contribution in [2.75, 3.05) is 54.1 Å². The Bertz CT molecular complexity index is 1070. The predicted molar refractivity (Wildman–Crippen MR) is 137 cm³/mol. The van der Waals surface area contributed by atoms with Crippen LogP contribution < -0.4 is 14.2 Å². The summed E-state index contributed by atoms with van der Waals surface area (Å²) >= 11 is 0. The third-order valence-corrected chi connectivity index (χ3v) is 6.85. The average Bonchev–Trinajstić information content (AvgIpc) is 2.91. The number of methoxy groups -OCH3 is 3. The molecule has 5 nitrogen and oxygen atoms in total. The molecule has 3 aromatic carbocycles. The molecular weight excluding hydrogens is 462 g/mol. The zero-order valence-electron chi connectivity index (χ0n) is 21.2. The smallest absolute Gasteiger partial charge is 0.203 e. The van der Waals surface area contributed by atoms with Gasteiger partial charge in [-0.2, -0.15) is 0 Å². The normalized spacial score (nSPS) is 14.7. The highest BCUT2D eigenvalue weighted by Crippen LogP contribution is 2.40. The lowest BCUT2D eigenvalue weighted by atomic mass is 9.96. The summed E-state index contributed by atoms with van der Waals surface area (Å²) < 4.78 is 43.7. The van der Waals surface area contributed by atoms with E-state index in [1.807, 2.05) is 36.4 Å². The molecule has 0 radical (unpaired) electrons. The molecule has 0 bridgehead atoms. The van der Waals surface area contributed by atoms with Crippen LogP contribution in [0.3, 0.4) is 0 Å². The topological polar surface area (TPSA) is 34.2 Å². The number of hydrogen-bond acceptors (Lipinski definition) is 5. The summed E-state index contributed by atoms with van der Waals surface area (Å²) in [4.78, 5) is 4.87. The van der Waals surface area contributed by atoms with E-state index < -0.39 is 0 Å². The maximum Gasteiger partial charge on any atom is 0.203 e. The fourth-order valence-corrected chi connectivity index (χ4v) is 5.00. The molecule has 7 heteroatoms. The molecule has 0 unspecified atom stereocenters. The summed E-state index contributed by atoms with van der Waals surface area (Å²) in [6, 6.07) is 17.2. The van der Waals surface area contributed by atoms with Crippen molar-refractivity contribution in [3.05, 3.63) is 89.0 Å². The Morgan fingerprint density at radius 1 is 0.694 bits per heavy atom. The lowest BCUT2D eigenvalue weighted by Crippen LogP contribution is -2.48. The van der Waals surface area contributed by atoms with Crippen molar-refractivity contribution in [1.29, 1.82) is 0 Å². The average molecular weight is 497 g/mol. The monoisotopic (exact) mass is 496 g/mol. The molecular formula is C29H34F2N2O3. The van der Waals surface area contributed by atoms with Crippen LogP contribution in [0.25, 0.3) is 0 Å². The lowest BCUT2D eigenvalue weighted by molar-refractivity contribution is 0.108. The largest absolute Gasteiger partial charge is 0.493 e. The van der Waals surface area contributed by atoms with E-state index in [-0.39, 0.29) is 17.7 Å². The minimum absolute atomic E-state index is 0.0376. The maximum atomic E-state index is 13.6. The number of piperazine rings is 1. The number of nitrogens with zero attached hydrogens (tertiary/aromatic N) is 2. The van der Waals surface area contributed by atoms with Crippen LogP contribution in [0.1, 0.15) is 29.2 Å². The number of ether oxygens (including phenoxy) is 3. The van der Waals surface area contributed by atoms with Crippen LogP contribution >= 0.6 is 0 Å². The zero-order chi connectivity index (χ0) is 25.5. The van der Waals surface area contributed by atoms with Crippen molar-refractivity contribution in [2.45, 2.75) is 18.9 Å². The van der Waals surface area contributed by atoms with E-state index in [1.54, 1.807) is 21.3 Å². The van der Waals surface area contributed by atoms with Crippen molar-refractivity contribution in [1.82, 2.24) is 9.80 Å². The minimum Gasteiger partial charge on any atom is -0.493 e. The summed E-state index contributed by atoms with van der Waals surface area (Å²) in [5.41, 5.74) is 3.12. The van der Waals surface area contributed by atoms with Gasteiger partial charge in [0.05, 0.1) is 27.4 Å². The molecule has 36 heavy (non-hydrogen) atoms. The number of hydrogen-bond donors (Lipinski definition) is 0. The molecule has 0 amide bonds. The Hall–Kier alpha value is -3.16. The van der Waals surface area contributed by atoms with Gasteiger partial charge in [0.25, 0.3) is 0 Å². The van der Waals surface area contributed by atoms with Gasteiger partial charge in [-0.1, -0.05) is 30.3 Å². The summed E-state index contributed by atoms with van der Waals surface area (Å²) in [5.74, 6) is 1.49. The van der Waals surface area contributed by atoms with Crippen LogP contribution in [0, 0.1) is 11.6 Å². The van der Waals surface area contributed by atoms with E-state index in [1.165, 1.54) is 24.3 Å². The highest BCUT2D eigenvalue weighted by Gasteiger charge is 2.26. The molecule has 1 fully saturated rings. The highest BCUT2D eigenvalue weighted by atomic mass is 19.1. The summed E-state index contributed by atoms with van der Waals surface area (Å²) in [5, 5.41) is 0. The van der Waals surface area contributed by atoms with Gasteiger partial charge in [-0.05, 0) is 66.4 Å². The first-order valence-electron chi connectivity index (χ1n) is 12.3. The number of aryl methyl sites for hydroxylation is 1. The van der Waals surface area contributed by atoms with E-state index in [9.17, 15) is 8.78 Å². The first kappa shape index (κ1) is 25.9. The molecule has 0 spiro atoms. The Balaban J connectivity index is 1.38. The van der Waals surface area contributed by atoms with Gasteiger partial charge in [0.1, 0.15) is 11.6 Å². The molecule has 0 N–H and O–H groups in total. The molecule has 192 valence electrons.